The summed E-state index contributed by atoms with van der Waals surface area (Å²) in [4.78, 5) is 25.2. The Morgan fingerprint density at radius 2 is 1.64 bits per heavy atom. The predicted octanol–water partition coefficient (Wildman–Crippen LogP) is 5.29. The summed E-state index contributed by atoms with van der Waals surface area (Å²) in [7, 11) is 0. The molecular formula is C24H23NO3. The Morgan fingerprint density at radius 3 is 2.36 bits per heavy atom. The summed E-state index contributed by atoms with van der Waals surface area (Å²) in [5, 5.41) is 2.89. The van der Waals surface area contributed by atoms with Crippen LogP contribution in [0.4, 0.5) is 5.69 Å². The number of benzene rings is 3. The number of Topliss-reactive ketones (excluding diaryl/α,β-unsaturated/α-hetero) is 1. The zero-order chi connectivity index (χ0) is 19.9. The first kappa shape index (κ1) is 19.4. The Labute approximate surface area is 165 Å². The minimum absolute atomic E-state index is 0.0579. The van der Waals surface area contributed by atoms with Crippen LogP contribution in [0.15, 0.2) is 78.9 Å². The number of hydrogen-bond donors (Lipinski definition) is 1. The lowest BCUT2D eigenvalue weighted by Gasteiger charge is -2.17. The number of anilines is 1. The maximum Gasteiger partial charge on any atom is 0.255 e. The zero-order valence-corrected chi connectivity index (χ0v) is 16.0. The van der Waals surface area contributed by atoms with E-state index in [1.807, 2.05) is 50.2 Å². The standard InChI is InChI=1S/C24H23NO3/c1-3-22(23(26)18-11-5-4-6-12-18)28-20-14-9-13-19(16-20)25-24(27)21-15-8-7-10-17(21)2/h4-16,22H,3H2,1-2H3,(H,25,27). The average Bonchev–Trinajstić information content (AvgIpc) is 2.72. The van der Waals surface area contributed by atoms with Gasteiger partial charge in [-0.3, -0.25) is 9.59 Å². The monoisotopic (exact) mass is 373 g/mol. The van der Waals surface area contributed by atoms with E-state index in [1.165, 1.54) is 0 Å². The first-order valence-electron chi connectivity index (χ1n) is 9.31. The van der Waals surface area contributed by atoms with Crippen LogP contribution < -0.4 is 10.1 Å². The molecule has 3 aromatic carbocycles. The number of ether oxygens (including phenoxy) is 1. The smallest absolute Gasteiger partial charge is 0.255 e. The molecule has 1 amide bonds. The van der Waals surface area contributed by atoms with Crippen molar-refractivity contribution in [3.8, 4) is 5.75 Å². The third kappa shape index (κ3) is 4.65. The lowest BCUT2D eigenvalue weighted by molar-refractivity contribution is 0.0786. The van der Waals surface area contributed by atoms with Crippen molar-refractivity contribution in [3.05, 3.63) is 95.6 Å². The van der Waals surface area contributed by atoms with E-state index in [0.29, 0.717) is 29.0 Å². The molecule has 0 aromatic heterocycles. The van der Waals surface area contributed by atoms with Crippen LogP contribution in [0.5, 0.6) is 5.75 Å². The van der Waals surface area contributed by atoms with E-state index >= 15 is 0 Å². The van der Waals surface area contributed by atoms with Crippen LogP contribution in [-0.4, -0.2) is 17.8 Å². The van der Waals surface area contributed by atoms with E-state index in [9.17, 15) is 9.59 Å². The highest BCUT2D eigenvalue weighted by molar-refractivity contribution is 6.05. The van der Waals surface area contributed by atoms with Crippen LogP contribution in [0.25, 0.3) is 0 Å². The van der Waals surface area contributed by atoms with E-state index in [1.54, 1.807) is 42.5 Å². The number of nitrogens with one attached hydrogen (secondary N) is 1. The van der Waals surface area contributed by atoms with Crippen molar-refractivity contribution in [1.29, 1.82) is 0 Å². The molecule has 0 heterocycles. The molecule has 0 aliphatic carbocycles. The molecule has 28 heavy (non-hydrogen) atoms. The molecule has 1 N–H and O–H groups in total. The van der Waals surface area contributed by atoms with Gasteiger partial charge in [0.25, 0.3) is 5.91 Å². The number of carbonyl (C=O) groups excluding carboxylic acids is 2. The van der Waals surface area contributed by atoms with Gasteiger partial charge in [-0.1, -0.05) is 61.5 Å². The summed E-state index contributed by atoms with van der Waals surface area (Å²) in [5.74, 6) is 0.304. The average molecular weight is 373 g/mol. The topological polar surface area (TPSA) is 55.4 Å². The second kappa shape index (κ2) is 9.00. The van der Waals surface area contributed by atoms with Crippen LogP contribution in [0.1, 0.15) is 39.6 Å². The maximum absolute atomic E-state index is 12.7. The molecule has 4 heteroatoms. The molecule has 1 atom stereocenters. The lowest BCUT2D eigenvalue weighted by atomic mass is 10.0. The largest absolute Gasteiger partial charge is 0.482 e. The maximum atomic E-state index is 12.7. The second-order valence-corrected chi connectivity index (χ2v) is 6.54. The van der Waals surface area contributed by atoms with Crippen molar-refractivity contribution in [1.82, 2.24) is 0 Å². The highest BCUT2D eigenvalue weighted by atomic mass is 16.5. The van der Waals surface area contributed by atoms with Gasteiger partial charge in [-0.2, -0.15) is 0 Å². The van der Waals surface area contributed by atoms with Crippen molar-refractivity contribution in [2.24, 2.45) is 0 Å². The highest BCUT2D eigenvalue weighted by Gasteiger charge is 2.20. The Bertz CT molecular complexity index is 966. The first-order chi connectivity index (χ1) is 13.6. The van der Waals surface area contributed by atoms with Gasteiger partial charge in [0, 0.05) is 22.9 Å². The van der Waals surface area contributed by atoms with Crippen LogP contribution in [-0.2, 0) is 0 Å². The van der Waals surface area contributed by atoms with E-state index in [2.05, 4.69) is 5.32 Å². The fraction of sp³-hybridized carbons (Fsp3) is 0.167. The normalized spacial score (nSPS) is 11.5. The minimum atomic E-state index is -0.579. The van der Waals surface area contributed by atoms with Crippen molar-refractivity contribution < 1.29 is 14.3 Å². The Hall–Kier alpha value is -3.40. The molecule has 3 aromatic rings. The van der Waals surface area contributed by atoms with E-state index in [4.69, 9.17) is 4.74 Å². The van der Waals surface area contributed by atoms with Gasteiger partial charge in [0.15, 0.2) is 6.10 Å². The van der Waals surface area contributed by atoms with Crippen molar-refractivity contribution in [3.63, 3.8) is 0 Å². The predicted molar refractivity (Wildman–Crippen MR) is 111 cm³/mol. The van der Waals surface area contributed by atoms with Crippen LogP contribution in [0.2, 0.25) is 0 Å². The summed E-state index contributed by atoms with van der Waals surface area (Å²) in [5.41, 5.74) is 2.78. The van der Waals surface area contributed by atoms with Crippen LogP contribution >= 0.6 is 0 Å². The number of amides is 1. The number of carbonyl (C=O) groups is 2. The van der Waals surface area contributed by atoms with Gasteiger partial charge in [0.1, 0.15) is 5.75 Å². The van der Waals surface area contributed by atoms with Gasteiger partial charge in [0.2, 0.25) is 5.78 Å². The molecule has 1 unspecified atom stereocenters. The van der Waals surface area contributed by atoms with Gasteiger partial charge in [-0.15, -0.1) is 0 Å². The Morgan fingerprint density at radius 1 is 0.929 bits per heavy atom. The van der Waals surface area contributed by atoms with E-state index in [-0.39, 0.29) is 11.7 Å². The first-order valence-corrected chi connectivity index (χ1v) is 9.31. The molecular weight excluding hydrogens is 350 g/mol. The number of rotatable bonds is 7. The van der Waals surface area contributed by atoms with Crippen LogP contribution in [0, 0.1) is 6.92 Å². The molecule has 0 spiro atoms. The summed E-state index contributed by atoms with van der Waals surface area (Å²) in [6.45, 7) is 3.81. The molecule has 0 fully saturated rings. The summed E-state index contributed by atoms with van der Waals surface area (Å²) < 4.78 is 5.93. The lowest BCUT2D eigenvalue weighted by Crippen LogP contribution is -2.26. The van der Waals surface area contributed by atoms with Gasteiger partial charge < -0.3 is 10.1 Å². The van der Waals surface area contributed by atoms with Gasteiger partial charge in [0.05, 0.1) is 0 Å². The minimum Gasteiger partial charge on any atom is -0.482 e. The van der Waals surface area contributed by atoms with E-state index < -0.39 is 6.10 Å². The van der Waals surface area contributed by atoms with Gasteiger partial charge >= 0.3 is 0 Å². The number of aryl methyl sites for hydroxylation is 1. The van der Waals surface area contributed by atoms with Gasteiger partial charge in [-0.05, 0) is 37.1 Å². The Kier molecular flexibility index (Phi) is 6.22. The molecule has 3 rings (SSSR count). The van der Waals surface area contributed by atoms with Crippen LogP contribution in [0.3, 0.4) is 0 Å². The van der Waals surface area contributed by atoms with Crippen molar-refractivity contribution >= 4 is 17.4 Å². The SMILES string of the molecule is CCC(Oc1cccc(NC(=O)c2ccccc2C)c1)C(=O)c1ccccc1. The quantitative estimate of drug-likeness (QED) is 0.573. The molecule has 0 saturated carbocycles. The molecule has 0 saturated heterocycles. The summed E-state index contributed by atoms with van der Waals surface area (Å²) >= 11 is 0. The zero-order valence-electron chi connectivity index (χ0n) is 16.0. The molecule has 0 aliphatic heterocycles. The van der Waals surface area contributed by atoms with Crippen molar-refractivity contribution in [2.75, 3.05) is 5.32 Å². The fourth-order valence-electron chi connectivity index (χ4n) is 2.95. The van der Waals surface area contributed by atoms with Gasteiger partial charge in [-0.25, -0.2) is 0 Å². The molecule has 0 aliphatic rings. The number of ketones is 1. The molecule has 0 radical (unpaired) electrons. The molecule has 142 valence electrons. The van der Waals surface area contributed by atoms with Crippen molar-refractivity contribution in [2.45, 2.75) is 26.4 Å². The molecule has 4 nitrogen and oxygen atoms in total. The van der Waals surface area contributed by atoms with E-state index in [0.717, 1.165) is 5.56 Å². The second-order valence-electron chi connectivity index (χ2n) is 6.54. The summed E-state index contributed by atoms with van der Waals surface area (Å²) in [6.07, 6.45) is -0.0298. The third-order valence-electron chi connectivity index (χ3n) is 4.48. The Balaban J connectivity index is 1.73. The summed E-state index contributed by atoms with van der Waals surface area (Å²) in [6, 6.07) is 23.6. The number of hydrogen-bond acceptors (Lipinski definition) is 3. The highest BCUT2D eigenvalue weighted by Crippen LogP contribution is 2.22. The fourth-order valence-corrected chi connectivity index (χ4v) is 2.95. The molecule has 0 bridgehead atoms. The third-order valence-corrected chi connectivity index (χ3v) is 4.48.